The van der Waals surface area contributed by atoms with E-state index >= 15 is 0 Å². The molecule has 3 N–H and O–H groups in total. The Morgan fingerprint density at radius 2 is 0.462 bits per heavy atom. The number of aliphatic hydroxyl groups is 1. The van der Waals surface area contributed by atoms with Crippen LogP contribution in [0, 0.1) is 23.7 Å². The molecule has 0 bridgehead atoms. The summed E-state index contributed by atoms with van der Waals surface area (Å²) in [4.78, 5) is 73.1. The lowest BCUT2D eigenvalue weighted by Gasteiger charge is -2.21. The van der Waals surface area contributed by atoms with Crippen molar-refractivity contribution in [2.75, 3.05) is 39.6 Å². The molecule has 0 aromatic carbocycles. The van der Waals surface area contributed by atoms with Gasteiger partial charge in [-0.15, -0.1) is 0 Å². The molecule has 104 heavy (non-hydrogen) atoms. The molecule has 0 aromatic heterocycles. The Balaban J connectivity index is 5.22. The topological polar surface area (TPSA) is 237 Å². The quantitative estimate of drug-likeness (QED) is 0.0222. The van der Waals surface area contributed by atoms with E-state index in [1.807, 2.05) is 0 Å². The Labute approximate surface area is 638 Å². The fourth-order valence-corrected chi connectivity index (χ4v) is 14.7. The second-order valence-corrected chi connectivity index (χ2v) is 34.9. The number of hydrogen-bond donors (Lipinski definition) is 3. The third-order valence-corrected chi connectivity index (χ3v) is 22.4. The number of esters is 4. The van der Waals surface area contributed by atoms with Crippen LogP contribution in [-0.2, 0) is 65.4 Å². The van der Waals surface area contributed by atoms with Gasteiger partial charge < -0.3 is 33.8 Å². The Kier molecular flexibility index (Phi) is 72.5. The van der Waals surface area contributed by atoms with E-state index in [9.17, 15) is 43.2 Å². The van der Waals surface area contributed by atoms with E-state index in [1.165, 1.54) is 238 Å². The van der Waals surface area contributed by atoms with Crippen molar-refractivity contribution in [3.8, 4) is 0 Å². The molecular formula is C85H166O17P2. The van der Waals surface area contributed by atoms with Crippen molar-refractivity contribution in [3.63, 3.8) is 0 Å². The van der Waals surface area contributed by atoms with Crippen molar-refractivity contribution < 1.29 is 80.2 Å². The van der Waals surface area contributed by atoms with Gasteiger partial charge in [-0.05, 0) is 49.4 Å². The molecular weight excluding hydrogens is 1350 g/mol. The maximum absolute atomic E-state index is 13.1. The van der Waals surface area contributed by atoms with Crippen LogP contribution in [0.1, 0.15) is 441 Å². The summed E-state index contributed by atoms with van der Waals surface area (Å²) in [5.74, 6) is 1.06. The van der Waals surface area contributed by atoms with Gasteiger partial charge in [0, 0.05) is 25.7 Å². The lowest BCUT2D eigenvalue weighted by atomic mass is 9.99. The molecule has 17 nitrogen and oxygen atoms in total. The summed E-state index contributed by atoms with van der Waals surface area (Å²) in [6, 6.07) is 0. The number of phosphoric acid groups is 2. The van der Waals surface area contributed by atoms with Crippen LogP contribution in [0.2, 0.25) is 0 Å². The summed E-state index contributed by atoms with van der Waals surface area (Å²) in [5, 5.41) is 10.7. The van der Waals surface area contributed by atoms with Crippen molar-refractivity contribution in [1.29, 1.82) is 0 Å². The Hall–Kier alpha value is -1.94. The molecule has 0 aromatic rings. The highest BCUT2D eigenvalue weighted by molar-refractivity contribution is 7.47. The lowest BCUT2D eigenvalue weighted by Crippen LogP contribution is -2.30. The molecule has 19 heteroatoms. The second kappa shape index (κ2) is 73.8. The molecule has 0 rings (SSSR count). The van der Waals surface area contributed by atoms with Crippen LogP contribution in [0.25, 0.3) is 0 Å². The maximum Gasteiger partial charge on any atom is 0.472 e. The molecule has 0 spiro atoms. The van der Waals surface area contributed by atoms with Crippen molar-refractivity contribution in [3.05, 3.63) is 0 Å². The zero-order valence-corrected chi connectivity index (χ0v) is 70.5. The van der Waals surface area contributed by atoms with Gasteiger partial charge in [0.2, 0.25) is 0 Å². The summed E-state index contributed by atoms with van der Waals surface area (Å²) in [6.45, 7) is 14.3. The van der Waals surface area contributed by atoms with E-state index in [1.54, 1.807) is 0 Å². The number of unbranched alkanes of at least 4 members (excludes halogenated alkanes) is 46. The van der Waals surface area contributed by atoms with Crippen LogP contribution in [-0.4, -0.2) is 96.7 Å². The third-order valence-electron chi connectivity index (χ3n) is 20.5. The second-order valence-electron chi connectivity index (χ2n) is 32.0. The zero-order valence-electron chi connectivity index (χ0n) is 68.7. The highest BCUT2D eigenvalue weighted by Gasteiger charge is 2.30. The molecule has 0 fully saturated rings. The average Bonchev–Trinajstić information content (AvgIpc) is 0.913. The molecule has 4 unspecified atom stereocenters. The van der Waals surface area contributed by atoms with E-state index in [-0.39, 0.29) is 25.7 Å². The molecule has 7 atom stereocenters. The maximum atomic E-state index is 13.1. The number of rotatable bonds is 82. The number of hydrogen-bond acceptors (Lipinski definition) is 15. The van der Waals surface area contributed by atoms with Crippen LogP contribution < -0.4 is 0 Å². The smallest absolute Gasteiger partial charge is 0.462 e. The minimum Gasteiger partial charge on any atom is -0.462 e. The van der Waals surface area contributed by atoms with Gasteiger partial charge >= 0.3 is 39.5 Å². The number of ether oxygens (including phenoxy) is 4. The SMILES string of the molecule is CCC(C)CCCCCCCCCCCCCCCCCCCCC(=O)O[C@H](COC(=O)CCCCCCCCCCCCCCCCCCC(C)C)COP(=O)(O)OC[C@@H](O)COP(=O)(O)OC[C@@H](COC(=O)CCCCCCCCC(C)CC)OC(=O)CCCCCCCCCCCCC(C)C. The highest BCUT2D eigenvalue weighted by atomic mass is 31.2. The Morgan fingerprint density at radius 1 is 0.269 bits per heavy atom. The van der Waals surface area contributed by atoms with Gasteiger partial charge in [0.1, 0.15) is 19.3 Å². The van der Waals surface area contributed by atoms with Gasteiger partial charge in [0.15, 0.2) is 12.2 Å². The van der Waals surface area contributed by atoms with Crippen molar-refractivity contribution in [2.24, 2.45) is 23.7 Å². The Morgan fingerprint density at radius 3 is 0.683 bits per heavy atom. The summed E-state index contributed by atoms with van der Waals surface area (Å²) < 4.78 is 68.8. The van der Waals surface area contributed by atoms with Crippen LogP contribution in [0.4, 0.5) is 0 Å². The van der Waals surface area contributed by atoms with Gasteiger partial charge in [-0.3, -0.25) is 37.3 Å². The first-order valence-electron chi connectivity index (χ1n) is 43.8. The van der Waals surface area contributed by atoms with E-state index in [2.05, 4.69) is 55.4 Å². The molecule has 0 heterocycles. The summed E-state index contributed by atoms with van der Waals surface area (Å²) >= 11 is 0. The summed E-state index contributed by atoms with van der Waals surface area (Å²) in [6.07, 6.45) is 62.6. The monoisotopic (exact) mass is 1520 g/mol. The predicted molar refractivity (Wildman–Crippen MR) is 428 cm³/mol. The molecule has 0 aliphatic carbocycles. The van der Waals surface area contributed by atoms with E-state index in [0.717, 1.165) is 120 Å². The number of phosphoric ester groups is 2. The average molecular weight is 1520 g/mol. The number of carbonyl (C=O) groups is 4. The third kappa shape index (κ3) is 75.5. The van der Waals surface area contributed by atoms with Crippen LogP contribution in [0.15, 0.2) is 0 Å². The first-order chi connectivity index (χ1) is 50.2. The van der Waals surface area contributed by atoms with E-state index in [0.29, 0.717) is 25.7 Å². The van der Waals surface area contributed by atoms with Crippen LogP contribution >= 0.6 is 15.6 Å². The van der Waals surface area contributed by atoms with Gasteiger partial charge in [0.25, 0.3) is 0 Å². The molecule has 0 saturated heterocycles. The lowest BCUT2D eigenvalue weighted by molar-refractivity contribution is -0.161. The van der Waals surface area contributed by atoms with Crippen molar-refractivity contribution >= 4 is 39.5 Å². The predicted octanol–water partition coefficient (Wildman–Crippen LogP) is 25.6. The largest absolute Gasteiger partial charge is 0.472 e. The summed E-state index contributed by atoms with van der Waals surface area (Å²) in [7, 11) is -9.93. The van der Waals surface area contributed by atoms with Crippen molar-refractivity contribution in [2.45, 2.75) is 459 Å². The minimum atomic E-state index is -4.97. The number of aliphatic hydroxyl groups excluding tert-OH is 1. The summed E-state index contributed by atoms with van der Waals surface area (Å²) in [5.41, 5.74) is 0. The highest BCUT2D eigenvalue weighted by Crippen LogP contribution is 2.45. The van der Waals surface area contributed by atoms with Gasteiger partial charge in [0.05, 0.1) is 26.4 Å². The molecule has 0 aliphatic rings. The first kappa shape index (κ1) is 102. The molecule has 0 radical (unpaired) electrons. The van der Waals surface area contributed by atoms with Gasteiger partial charge in [-0.2, -0.15) is 0 Å². The zero-order chi connectivity index (χ0) is 76.7. The minimum absolute atomic E-state index is 0.105. The van der Waals surface area contributed by atoms with E-state index < -0.39 is 97.5 Å². The molecule has 618 valence electrons. The molecule has 0 amide bonds. The van der Waals surface area contributed by atoms with Gasteiger partial charge in [-0.25, -0.2) is 9.13 Å². The van der Waals surface area contributed by atoms with Crippen molar-refractivity contribution in [1.82, 2.24) is 0 Å². The van der Waals surface area contributed by atoms with Crippen LogP contribution in [0.5, 0.6) is 0 Å². The fourth-order valence-electron chi connectivity index (χ4n) is 13.1. The molecule has 0 saturated carbocycles. The standard InChI is InChI=1S/C85H166O17P2/c1-9-77(7)63-55-47-39-33-26-22-18-13-11-12-14-20-24-28-35-41-51-59-67-84(89)101-80(71-95-82(87)65-57-49-40-34-27-23-19-16-15-17-21-25-31-37-45-53-61-75(3)4)73-99-103(91,92)97-69-79(86)70-98-104(93,94)100-74-81(72-96-83(88)66-58-50-44-43-48-56-64-78(8)10-2)102-85(90)68-60-52-42-36-30-29-32-38-46-54-62-76(5)6/h75-81,86H,9-74H2,1-8H3,(H,91,92)(H,93,94)/t77?,78?,79-,80-,81-/m1/s1. The fraction of sp³-hybridized carbons (Fsp3) is 0.953. The van der Waals surface area contributed by atoms with E-state index in [4.69, 9.17) is 37.0 Å². The number of carbonyl (C=O) groups excluding carboxylic acids is 4. The van der Waals surface area contributed by atoms with Crippen LogP contribution in [0.3, 0.4) is 0 Å². The normalized spacial score (nSPS) is 14.5. The Bertz CT molecular complexity index is 2030. The van der Waals surface area contributed by atoms with Gasteiger partial charge in [-0.1, -0.05) is 389 Å². The first-order valence-corrected chi connectivity index (χ1v) is 46.8. The molecule has 0 aliphatic heterocycles.